The van der Waals surface area contributed by atoms with Crippen LogP contribution in [0.1, 0.15) is 28.2 Å². The Bertz CT molecular complexity index is 550. The highest BCUT2D eigenvalue weighted by Crippen LogP contribution is 2.15. The van der Waals surface area contributed by atoms with Crippen molar-refractivity contribution in [1.82, 2.24) is 9.97 Å². The molecule has 2 N–H and O–H groups in total. The maximum absolute atomic E-state index is 13.3. The summed E-state index contributed by atoms with van der Waals surface area (Å²) in [7, 11) is 0. The monoisotopic (exact) mass is 245 g/mol. The lowest BCUT2D eigenvalue weighted by atomic mass is 10.0. The lowest BCUT2D eigenvalue weighted by molar-refractivity contribution is 0.603. The second-order valence-corrected chi connectivity index (χ2v) is 4.60. The van der Waals surface area contributed by atoms with Crippen LogP contribution in [0.3, 0.4) is 0 Å². The Hall–Kier alpha value is -1.97. The maximum Gasteiger partial charge on any atom is 0.186 e. The summed E-state index contributed by atoms with van der Waals surface area (Å²) >= 11 is 0. The molecule has 0 aliphatic carbocycles. The molecule has 3 nitrogen and oxygen atoms in total. The summed E-state index contributed by atoms with van der Waals surface area (Å²) < 4.78 is 13.3. The molecule has 0 saturated carbocycles. The number of benzene rings is 1. The van der Waals surface area contributed by atoms with Gasteiger partial charge in [0.25, 0.3) is 0 Å². The molecule has 0 unspecified atom stereocenters. The summed E-state index contributed by atoms with van der Waals surface area (Å²) in [4.78, 5) is 8.10. The number of hydrogen-bond acceptors (Lipinski definition) is 3. The van der Waals surface area contributed by atoms with Crippen LogP contribution in [0, 0.1) is 26.6 Å². The number of nitrogens with two attached hydrogens (primary N) is 1. The van der Waals surface area contributed by atoms with Crippen LogP contribution in [-0.2, 0) is 6.42 Å². The Morgan fingerprint density at radius 1 is 1.06 bits per heavy atom. The third kappa shape index (κ3) is 2.64. The molecule has 18 heavy (non-hydrogen) atoms. The van der Waals surface area contributed by atoms with Crippen molar-refractivity contribution in [3.8, 4) is 0 Å². The minimum Gasteiger partial charge on any atom is -0.381 e. The number of nitrogens with zero attached hydrogens (tertiary/aromatic N) is 2. The molecule has 94 valence electrons. The zero-order valence-corrected chi connectivity index (χ0v) is 10.8. The summed E-state index contributed by atoms with van der Waals surface area (Å²) in [6.07, 6.45) is 0.563. The van der Waals surface area contributed by atoms with E-state index in [1.165, 1.54) is 11.1 Å². The number of anilines is 1. The molecule has 0 spiro atoms. The summed E-state index contributed by atoms with van der Waals surface area (Å²) in [5.41, 5.74) is 9.29. The van der Waals surface area contributed by atoms with Gasteiger partial charge in [-0.25, -0.2) is 14.4 Å². The number of halogens is 1. The lowest BCUT2D eigenvalue weighted by Crippen LogP contribution is -2.06. The number of rotatable bonds is 2. The van der Waals surface area contributed by atoms with Crippen LogP contribution in [-0.4, -0.2) is 9.97 Å². The van der Waals surface area contributed by atoms with Gasteiger partial charge in [-0.1, -0.05) is 29.3 Å². The summed E-state index contributed by atoms with van der Waals surface area (Å²) in [5, 5.41) is 0. The molecule has 0 saturated heterocycles. The number of hydrogen-bond donors (Lipinski definition) is 1. The largest absolute Gasteiger partial charge is 0.381 e. The second-order valence-electron chi connectivity index (χ2n) is 4.60. The number of aromatic nitrogens is 2. The van der Waals surface area contributed by atoms with Gasteiger partial charge in [0.15, 0.2) is 11.6 Å². The molecule has 0 fully saturated rings. The summed E-state index contributed by atoms with van der Waals surface area (Å²) in [6.45, 7) is 5.68. The zero-order valence-electron chi connectivity index (χ0n) is 10.8. The van der Waals surface area contributed by atoms with Crippen LogP contribution >= 0.6 is 0 Å². The van der Waals surface area contributed by atoms with E-state index in [-0.39, 0.29) is 5.82 Å². The molecule has 0 atom stereocenters. The highest BCUT2D eigenvalue weighted by Gasteiger charge is 2.09. The van der Waals surface area contributed by atoms with Crippen molar-refractivity contribution in [2.24, 2.45) is 0 Å². The minimum absolute atomic E-state index is 0.0816. The van der Waals surface area contributed by atoms with E-state index in [9.17, 15) is 4.39 Å². The fraction of sp³-hybridized carbons (Fsp3) is 0.286. The van der Waals surface area contributed by atoms with Crippen molar-refractivity contribution in [2.75, 3.05) is 5.73 Å². The van der Waals surface area contributed by atoms with Gasteiger partial charge in [-0.3, -0.25) is 0 Å². The summed E-state index contributed by atoms with van der Waals surface area (Å²) in [6, 6.07) is 6.26. The smallest absolute Gasteiger partial charge is 0.186 e. The van der Waals surface area contributed by atoms with E-state index in [2.05, 4.69) is 28.2 Å². The molecular weight excluding hydrogens is 229 g/mol. The molecule has 1 aromatic heterocycles. The third-order valence-electron chi connectivity index (χ3n) is 2.73. The molecule has 0 aliphatic rings. The minimum atomic E-state index is -0.529. The van der Waals surface area contributed by atoms with Crippen LogP contribution in [0.15, 0.2) is 18.2 Å². The van der Waals surface area contributed by atoms with E-state index in [0.29, 0.717) is 17.9 Å². The Kier molecular flexibility index (Phi) is 3.28. The molecule has 0 aliphatic heterocycles. The average Bonchev–Trinajstić information content (AvgIpc) is 2.24. The first-order valence-corrected chi connectivity index (χ1v) is 5.81. The van der Waals surface area contributed by atoms with Crippen LogP contribution < -0.4 is 5.73 Å². The molecule has 2 rings (SSSR count). The van der Waals surface area contributed by atoms with E-state index < -0.39 is 5.82 Å². The van der Waals surface area contributed by atoms with Gasteiger partial charge in [0.1, 0.15) is 5.82 Å². The second kappa shape index (κ2) is 4.72. The Morgan fingerprint density at radius 2 is 1.67 bits per heavy atom. The molecule has 0 amide bonds. The van der Waals surface area contributed by atoms with Gasteiger partial charge in [0.05, 0.1) is 5.69 Å². The van der Waals surface area contributed by atoms with Crippen molar-refractivity contribution >= 4 is 5.82 Å². The highest BCUT2D eigenvalue weighted by atomic mass is 19.1. The van der Waals surface area contributed by atoms with Crippen LogP contribution in [0.25, 0.3) is 0 Å². The lowest BCUT2D eigenvalue weighted by Gasteiger charge is -2.06. The van der Waals surface area contributed by atoms with Crippen molar-refractivity contribution in [3.63, 3.8) is 0 Å². The summed E-state index contributed by atoms with van der Waals surface area (Å²) in [5.74, 6) is -0.0579. The van der Waals surface area contributed by atoms with E-state index in [4.69, 9.17) is 5.73 Å². The number of aryl methyl sites for hydroxylation is 3. The van der Waals surface area contributed by atoms with Gasteiger partial charge < -0.3 is 5.73 Å². The van der Waals surface area contributed by atoms with E-state index in [1.54, 1.807) is 6.92 Å². The van der Waals surface area contributed by atoms with Crippen molar-refractivity contribution in [1.29, 1.82) is 0 Å². The van der Waals surface area contributed by atoms with E-state index >= 15 is 0 Å². The van der Waals surface area contributed by atoms with E-state index in [0.717, 1.165) is 5.56 Å². The van der Waals surface area contributed by atoms with Crippen molar-refractivity contribution in [2.45, 2.75) is 27.2 Å². The quantitative estimate of drug-likeness (QED) is 0.885. The highest BCUT2D eigenvalue weighted by molar-refractivity contribution is 5.34. The first kappa shape index (κ1) is 12.5. The maximum atomic E-state index is 13.3. The predicted octanol–water partition coefficient (Wildman–Crippen LogP) is 2.71. The van der Waals surface area contributed by atoms with Gasteiger partial charge in [-0.2, -0.15) is 0 Å². The van der Waals surface area contributed by atoms with Crippen molar-refractivity contribution < 1.29 is 4.39 Å². The van der Waals surface area contributed by atoms with Gasteiger partial charge in [0.2, 0.25) is 0 Å². The van der Waals surface area contributed by atoms with Gasteiger partial charge >= 0.3 is 0 Å². The van der Waals surface area contributed by atoms with Gasteiger partial charge in [0, 0.05) is 6.42 Å². The Balaban J connectivity index is 2.34. The molecule has 4 heteroatoms. The third-order valence-corrected chi connectivity index (χ3v) is 2.73. The zero-order chi connectivity index (χ0) is 13.3. The Morgan fingerprint density at radius 3 is 2.22 bits per heavy atom. The van der Waals surface area contributed by atoms with Crippen LogP contribution in [0.5, 0.6) is 0 Å². The molecule has 2 aromatic rings. The molecule has 1 aromatic carbocycles. The first-order valence-electron chi connectivity index (χ1n) is 5.81. The van der Waals surface area contributed by atoms with Crippen LogP contribution in [0.4, 0.5) is 10.2 Å². The van der Waals surface area contributed by atoms with E-state index in [1.807, 2.05) is 13.8 Å². The molecular formula is C14H16FN3. The fourth-order valence-electron chi connectivity index (χ4n) is 2.07. The van der Waals surface area contributed by atoms with Crippen molar-refractivity contribution in [3.05, 3.63) is 52.2 Å². The first-order chi connectivity index (χ1) is 8.45. The normalized spacial score (nSPS) is 10.7. The van der Waals surface area contributed by atoms with Crippen LogP contribution in [0.2, 0.25) is 0 Å². The number of nitrogen functional groups attached to an aromatic ring is 1. The topological polar surface area (TPSA) is 51.8 Å². The SMILES string of the molecule is Cc1cc(C)cc(Cc2nc(C)c(F)c(N)n2)c1. The standard InChI is InChI=1S/C14H16FN3/c1-8-4-9(2)6-11(5-8)7-12-17-10(3)13(15)14(16)18-12/h4-6H,7H2,1-3H3,(H2,16,17,18). The molecule has 0 radical (unpaired) electrons. The molecule has 0 bridgehead atoms. The van der Waals surface area contributed by atoms with Gasteiger partial charge in [-0.15, -0.1) is 0 Å². The average molecular weight is 245 g/mol. The van der Waals surface area contributed by atoms with Gasteiger partial charge in [-0.05, 0) is 26.3 Å². The predicted molar refractivity (Wildman–Crippen MR) is 69.9 cm³/mol. The fourth-order valence-corrected chi connectivity index (χ4v) is 2.07. The molecule has 1 heterocycles. The Labute approximate surface area is 106 Å².